The van der Waals surface area contributed by atoms with Gasteiger partial charge in [0.1, 0.15) is 0 Å². The molecule has 2 N–H and O–H groups in total. The Labute approximate surface area is 104 Å². The van der Waals surface area contributed by atoms with Gasteiger partial charge in [-0.1, -0.05) is 29.3 Å². The quantitative estimate of drug-likeness (QED) is 0.879. The van der Waals surface area contributed by atoms with Crippen molar-refractivity contribution in [3.8, 4) is 0 Å². The summed E-state index contributed by atoms with van der Waals surface area (Å²) in [5.41, 5.74) is -0.390. The van der Waals surface area contributed by atoms with Crippen molar-refractivity contribution in [3.63, 3.8) is 0 Å². The van der Waals surface area contributed by atoms with Gasteiger partial charge >= 0.3 is 0 Å². The molecule has 3 nitrogen and oxygen atoms in total. The first-order valence-corrected chi connectivity index (χ1v) is 5.50. The third kappa shape index (κ3) is 3.11. The van der Waals surface area contributed by atoms with E-state index in [-0.39, 0.29) is 17.5 Å². The highest BCUT2D eigenvalue weighted by molar-refractivity contribution is 6.43. The van der Waals surface area contributed by atoms with Gasteiger partial charge in [0.05, 0.1) is 27.8 Å². The maximum Gasteiger partial charge on any atom is 0.253 e. The van der Waals surface area contributed by atoms with Gasteiger partial charge in [-0.2, -0.15) is 0 Å². The number of carbonyl (C=O) groups excluding carboxylic acids is 1. The SMILES string of the molecule is CC(C)(CO)NC(=O)c1cccc(Cl)c1Cl. The van der Waals surface area contributed by atoms with Crippen molar-refractivity contribution in [1.82, 2.24) is 5.32 Å². The lowest BCUT2D eigenvalue weighted by Crippen LogP contribution is -2.46. The smallest absolute Gasteiger partial charge is 0.253 e. The Morgan fingerprint density at radius 1 is 1.44 bits per heavy atom. The molecule has 88 valence electrons. The summed E-state index contributed by atoms with van der Waals surface area (Å²) < 4.78 is 0. The summed E-state index contributed by atoms with van der Waals surface area (Å²) in [4.78, 5) is 11.8. The summed E-state index contributed by atoms with van der Waals surface area (Å²) in [5.74, 6) is -0.355. The van der Waals surface area contributed by atoms with Crippen molar-refractivity contribution in [2.75, 3.05) is 6.61 Å². The number of hydrogen-bond acceptors (Lipinski definition) is 2. The molecule has 0 aliphatic heterocycles. The highest BCUT2D eigenvalue weighted by Crippen LogP contribution is 2.25. The van der Waals surface area contributed by atoms with Crippen LogP contribution in [0, 0.1) is 0 Å². The lowest BCUT2D eigenvalue weighted by molar-refractivity contribution is 0.0869. The highest BCUT2D eigenvalue weighted by Gasteiger charge is 2.21. The minimum Gasteiger partial charge on any atom is -0.394 e. The van der Waals surface area contributed by atoms with Crippen molar-refractivity contribution in [2.45, 2.75) is 19.4 Å². The van der Waals surface area contributed by atoms with Gasteiger partial charge in [-0.15, -0.1) is 0 Å². The van der Waals surface area contributed by atoms with Crippen LogP contribution in [-0.2, 0) is 0 Å². The van der Waals surface area contributed by atoms with Gasteiger partial charge < -0.3 is 10.4 Å². The molecule has 0 atom stereocenters. The van der Waals surface area contributed by atoms with E-state index in [0.717, 1.165) is 0 Å². The van der Waals surface area contributed by atoms with Crippen LogP contribution in [-0.4, -0.2) is 23.2 Å². The molecular formula is C11H13Cl2NO2. The van der Waals surface area contributed by atoms with Gasteiger partial charge in [0.25, 0.3) is 5.91 Å². The molecule has 16 heavy (non-hydrogen) atoms. The van der Waals surface area contributed by atoms with E-state index in [0.29, 0.717) is 10.6 Å². The van der Waals surface area contributed by atoms with Gasteiger partial charge in [-0.25, -0.2) is 0 Å². The summed E-state index contributed by atoms with van der Waals surface area (Å²) >= 11 is 11.7. The number of aliphatic hydroxyl groups is 1. The number of aliphatic hydroxyl groups excluding tert-OH is 1. The van der Waals surface area contributed by atoms with E-state index in [1.165, 1.54) is 0 Å². The minimum absolute atomic E-state index is 0.156. The Balaban J connectivity index is 2.94. The molecule has 0 fully saturated rings. The van der Waals surface area contributed by atoms with Gasteiger partial charge in [0.15, 0.2) is 0 Å². The van der Waals surface area contributed by atoms with Gasteiger partial charge in [-0.05, 0) is 26.0 Å². The molecule has 1 aromatic rings. The van der Waals surface area contributed by atoms with Gasteiger partial charge in [-0.3, -0.25) is 4.79 Å². The lowest BCUT2D eigenvalue weighted by atomic mass is 10.1. The number of hydrogen-bond donors (Lipinski definition) is 2. The predicted octanol–water partition coefficient (Wildman–Crippen LogP) is 2.49. The van der Waals surface area contributed by atoms with Crippen LogP contribution in [0.1, 0.15) is 24.2 Å². The van der Waals surface area contributed by atoms with Crippen LogP contribution in [0.2, 0.25) is 10.0 Å². The predicted molar refractivity (Wildman–Crippen MR) is 65.1 cm³/mol. The zero-order valence-electron chi connectivity index (χ0n) is 9.05. The highest BCUT2D eigenvalue weighted by atomic mass is 35.5. The maximum absolute atomic E-state index is 11.8. The minimum atomic E-state index is -0.692. The molecule has 1 aromatic carbocycles. The summed E-state index contributed by atoms with van der Waals surface area (Å²) in [7, 11) is 0. The third-order valence-corrected chi connectivity index (χ3v) is 2.86. The molecule has 0 unspecified atom stereocenters. The zero-order valence-corrected chi connectivity index (χ0v) is 10.6. The first-order valence-electron chi connectivity index (χ1n) is 4.75. The summed E-state index contributed by atoms with van der Waals surface area (Å²) in [6.45, 7) is 3.27. The van der Waals surface area contributed by atoms with Crippen LogP contribution in [0.3, 0.4) is 0 Å². The Bertz CT molecular complexity index is 405. The van der Waals surface area contributed by atoms with E-state index in [9.17, 15) is 4.79 Å². The normalized spacial score (nSPS) is 11.3. The molecule has 0 heterocycles. The second-order valence-electron chi connectivity index (χ2n) is 4.10. The van der Waals surface area contributed by atoms with Gasteiger partial charge in [0.2, 0.25) is 0 Å². The Kier molecular flexibility index (Phi) is 4.19. The van der Waals surface area contributed by atoms with Crippen LogP contribution < -0.4 is 5.32 Å². The largest absolute Gasteiger partial charge is 0.394 e. The van der Waals surface area contributed by atoms with Crippen molar-refractivity contribution in [3.05, 3.63) is 33.8 Å². The molecule has 0 bridgehead atoms. The van der Waals surface area contributed by atoms with Crippen LogP contribution >= 0.6 is 23.2 Å². The van der Waals surface area contributed by atoms with E-state index in [4.69, 9.17) is 28.3 Å². The van der Waals surface area contributed by atoms with Crippen LogP contribution in [0.15, 0.2) is 18.2 Å². The fourth-order valence-corrected chi connectivity index (χ4v) is 1.48. The van der Waals surface area contributed by atoms with E-state index in [2.05, 4.69) is 5.32 Å². The van der Waals surface area contributed by atoms with E-state index >= 15 is 0 Å². The maximum atomic E-state index is 11.8. The molecule has 1 rings (SSSR count). The monoisotopic (exact) mass is 261 g/mol. The van der Waals surface area contributed by atoms with Crippen molar-refractivity contribution in [2.24, 2.45) is 0 Å². The summed E-state index contributed by atoms with van der Waals surface area (Å²) in [6, 6.07) is 4.84. The van der Waals surface area contributed by atoms with Crippen LogP contribution in [0.4, 0.5) is 0 Å². The number of nitrogens with one attached hydrogen (secondary N) is 1. The molecule has 0 radical (unpaired) electrons. The van der Waals surface area contributed by atoms with Gasteiger partial charge in [0, 0.05) is 0 Å². The average molecular weight is 262 g/mol. The Morgan fingerprint density at radius 3 is 2.62 bits per heavy atom. The number of amides is 1. The lowest BCUT2D eigenvalue weighted by Gasteiger charge is -2.23. The topological polar surface area (TPSA) is 49.3 Å². The molecular weight excluding hydrogens is 249 g/mol. The average Bonchev–Trinajstić information content (AvgIpc) is 2.21. The molecule has 0 aliphatic rings. The summed E-state index contributed by atoms with van der Waals surface area (Å²) in [6.07, 6.45) is 0. The van der Waals surface area contributed by atoms with Crippen LogP contribution in [0.5, 0.6) is 0 Å². The Morgan fingerprint density at radius 2 is 2.06 bits per heavy atom. The number of halogens is 2. The van der Waals surface area contributed by atoms with E-state index < -0.39 is 5.54 Å². The van der Waals surface area contributed by atoms with Crippen LogP contribution in [0.25, 0.3) is 0 Å². The standard InChI is InChI=1S/C11H13Cl2NO2/c1-11(2,6-15)14-10(16)7-4-3-5-8(12)9(7)13/h3-5,15H,6H2,1-2H3,(H,14,16). The number of carbonyl (C=O) groups is 1. The molecule has 0 aromatic heterocycles. The van der Waals surface area contributed by atoms with E-state index in [1.54, 1.807) is 32.0 Å². The molecule has 0 spiro atoms. The molecule has 5 heteroatoms. The molecule has 1 amide bonds. The first kappa shape index (κ1) is 13.3. The third-order valence-electron chi connectivity index (χ3n) is 2.04. The number of benzene rings is 1. The van der Waals surface area contributed by atoms with Crippen molar-refractivity contribution >= 4 is 29.1 Å². The zero-order chi connectivity index (χ0) is 12.3. The fraction of sp³-hybridized carbons (Fsp3) is 0.364. The molecule has 0 saturated carbocycles. The van der Waals surface area contributed by atoms with Crippen molar-refractivity contribution in [1.29, 1.82) is 0 Å². The fourth-order valence-electron chi connectivity index (χ4n) is 1.09. The summed E-state index contributed by atoms with van der Waals surface area (Å²) in [5, 5.41) is 12.2. The second-order valence-corrected chi connectivity index (χ2v) is 4.88. The molecule has 0 saturated heterocycles. The second kappa shape index (κ2) is 5.04. The van der Waals surface area contributed by atoms with Crippen molar-refractivity contribution < 1.29 is 9.90 Å². The first-order chi connectivity index (χ1) is 7.37. The van der Waals surface area contributed by atoms with E-state index in [1.807, 2.05) is 0 Å². The Hall–Kier alpha value is -0.770. The molecule has 0 aliphatic carbocycles. The number of rotatable bonds is 3.